The molecule has 0 N–H and O–H groups in total. The number of nitrogens with zero attached hydrogens (tertiary/aromatic N) is 6. The van der Waals surface area contributed by atoms with Crippen LogP contribution in [0.2, 0.25) is 5.02 Å². The van der Waals surface area contributed by atoms with Gasteiger partial charge in [-0.2, -0.15) is 0 Å². The van der Waals surface area contributed by atoms with Crippen LogP contribution in [0.5, 0.6) is 0 Å². The van der Waals surface area contributed by atoms with E-state index in [4.69, 9.17) is 11.6 Å². The molecule has 0 saturated carbocycles. The van der Waals surface area contributed by atoms with E-state index >= 15 is 0 Å². The SMILES string of the molecule is CN(C)CCC=C1c2ccccc2CCc2ccccc21.O=c1n(CCCN2CCN(c3cccc(Cl)c3)CC2)nc2ccccn12. The van der Waals surface area contributed by atoms with E-state index in [1.807, 2.05) is 36.4 Å². The van der Waals surface area contributed by atoms with Crippen LogP contribution in [-0.2, 0) is 19.4 Å². The van der Waals surface area contributed by atoms with E-state index in [0.29, 0.717) is 12.2 Å². The molecule has 7 nitrogen and oxygen atoms in total. The smallest absolute Gasteiger partial charge is 0.350 e. The highest BCUT2D eigenvalue weighted by molar-refractivity contribution is 6.30. The minimum atomic E-state index is -0.0635. The first-order chi connectivity index (χ1) is 23.0. The van der Waals surface area contributed by atoms with Gasteiger partial charge in [-0.1, -0.05) is 78.3 Å². The largest absolute Gasteiger partial charge is 0.369 e. The summed E-state index contributed by atoms with van der Waals surface area (Å²) in [5.41, 5.74) is 9.03. The van der Waals surface area contributed by atoms with Gasteiger partial charge in [-0.3, -0.25) is 9.30 Å². The maximum atomic E-state index is 12.3. The molecule has 1 aliphatic carbocycles. The van der Waals surface area contributed by atoms with E-state index in [1.54, 1.807) is 15.3 Å². The van der Waals surface area contributed by atoms with E-state index in [-0.39, 0.29) is 5.69 Å². The Hall–Kier alpha value is -4.17. The number of hydrogen-bond donors (Lipinski definition) is 0. The fraction of sp³-hybridized carbons (Fsp3) is 0.333. The Balaban J connectivity index is 0.000000168. The number of piperazine rings is 1. The Morgan fingerprint density at radius 3 is 2.15 bits per heavy atom. The van der Waals surface area contributed by atoms with E-state index < -0.39 is 0 Å². The summed E-state index contributed by atoms with van der Waals surface area (Å²) < 4.78 is 3.15. The van der Waals surface area contributed by atoms with Crippen LogP contribution in [0.4, 0.5) is 5.69 Å². The predicted octanol–water partition coefficient (Wildman–Crippen LogP) is 6.53. The molecule has 5 aromatic rings. The highest BCUT2D eigenvalue weighted by Crippen LogP contribution is 2.33. The van der Waals surface area contributed by atoms with Crippen molar-refractivity contribution in [2.45, 2.75) is 32.2 Å². The number of benzene rings is 3. The van der Waals surface area contributed by atoms with Crippen molar-refractivity contribution in [1.29, 1.82) is 0 Å². The highest BCUT2D eigenvalue weighted by Gasteiger charge is 2.18. The minimum absolute atomic E-state index is 0.0635. The summed E-state index contributed by atoms with van der Waals surface area (Å²) in [5.74, 6) is 0. The van der Waals surface area contributed by atoms with Crippen molar-refractivity contribution >= 4 is 28.5 Å². The van der Waals surface area contributed by atoms with Gasteiger partial charge in [0, 0.05) is 62.7 Å². The molecule has 0 atom stereocenters. The zero-order valence-electron chi connectivity index (χ0n) is 27.6. The van der Waals surface area contributed by atoms with Crippen molar-refractivity contribution in [2.75, 3.05) is 58.3 Å². The molecule has 2 aliphatic rings. The van der Waals surface area contributed by atoms with Gasteiger partial charge in [0.15, 0.2) is 5.65 Å². The Morgan fingerprint density at radius 2 is 1.49 bits per heavy atom. The van der Waals surface area contributed by atoms with Crippen LogP contribution in [-0.4, -0.2) is 77.3 Å². The third-order valence-corrected chi connectivity index (χ3v) is 9.32. The van der Waals surface area contributed by atoms with Gasteiger partial charge >= 0.3 is 5.69 Å². The first kappa shape index (κ1) is 32.8. The molecule has 3 aromatic carbocycles. The lowest BCUT2D eigenvalue weighted by atomic mass is 9.93. The van der Waals surface area contributed by atoms with E-state index in [9.17, 15) is 4.79 Å². The lowest BCUT2D eigenvalue weighted by Gasteiger charge is -2.36. The van der Waals surface area contributed by atoms with Crippen molar-refractivity contribution in [1.82, 2.24) is 24.0 Å². The summed E-state index contributed by atoms with van der Waals surface area (Å²) >= 11 is 6.09. The quantitative estimate of drug-likeness (QED) is 0.192. The molecule has 0 amide bonds. The average Bonchev–Trinajstić information content (AvgIpc) is 3.32. The fourth-order valence-corrected chi connectivity index (χ4v) is 6.75. The maximum absolute atomic E-state index is 12.3. The van der Waals surface area contributed by atoms with Crippen molar-refractivity contribution in [3.05, 3.63) is 141 Å². The lowest BCUT2D eigenvalue weighted by molar-refractivity contribution is 0.248. The van der Waals surface area contributed by atoms with Gasteiger partial charge in [0.2, 0.25) is 0 Å². The minimum Gasteiger partial charge on any atom is -0.369 e. The number of pyridine rings is 1. The molecular formula is C39H45ClN6O. The van der Waals surface area contributed by atoms with Gasteiger partial charge < -0.3 is 9.80 Å². The summed E-state index contributed by atoms with van der Waals surface area (Å²) in [7, 11) is 4.26. The van der Waals surface area contributed by atoms with Crippen LogP contribution >= 0.6 is 11.6 Å². The first-order valence-electron chi connectivity index (χ1n) is 16.7. The summed E-state index contributed by atoms with van der Waals surface area (Å²) in [5, 5.41) is 5.16. The van der Waals surface area contributed by atoms with Gasteiger partial charge in [-0.05, 0) is 97.9 Å². The van der Waals surface area contributed by atoms with Crippen molar-refractivity contribution in [3.63, 3.8) is 0 Å². The second-order valence-corrected chi connectivity index (χ2v) is 13.1. The maximum Gasteiger partial charge on any atom is 0.350 e. The molecule has 0 bridgehead atoms. The van der Waals surface area contributed by atoms with Crippen LogP contribution in [0.1, 0.15) is 35.1 Å². The standard InChI is InChI=1S/C20H23N.C19H22ClN5O/c1-21(2)15-7-12-20-18-10-5-3-8-16(18)13-14-17-9-4-6-11-19(17)20;20-16-5-3-6-17(15-16)23-13-11-22(12-14-23)8-4-10-25-19(26)24-9-2-1-7-18(24)21-25/h3-6,8-12H,7,13-15H2,1-2H3;1-3,5-7,9,15H,4,8,10-14H2. The molecule has 47 heavy (non-hydrogen) atoms. The van der Waals surface area contributed by atoms with Crippen LogP contribution in [0, 0.1) is 0 Å². The number of halogens is 1. The van der Waals surface area contributed by atoms with E-state index in [1.165, 1.54) is 33.5 Å². The van der Waals surface area contributed by atoms with Crippen molar-refractivity contribution in [2.24, 2.45) is 0 Å². The molecule has 0 spiro atoms. The van der Waals surface area contributed by atoms with Crippen LogP contribution in [0.3, 0.4) is 0 Å². The van der Waals surface area contributed by atoms with Gasteiger partial charge in [0.25, 0.3) is 0 Å². The van der Waals surface area contributed by atoms with Gasteiger partial charge in [0.1, 0.15) is 0 Å². The molecular weight excluding hydrogens is 604 g/mol. The average molecular weight is 649 g/mol. The zero-order chi connectivity index (χ0) is 32.6. The zero-order valence-corrected chi connectivity index (χ0v) is 28.3. The Morgan fingerprint density at radius 1 is 0.809 bits per heavy atom. The van der Waals surface area contributed by atoms with Gasteiger partial charge in [0.05, 0.1) is 0 Å². The van der Waals surface area contributed by atoms with Gasteiger partial charge in [-0.25, -0.2) is 9.48 Å². The molecule has 0 radical (unpaired) electrons. The number of fused-ring (bicyclic) bond motifs is 3. The molecule has 3 heterocycles. The highest BCUT2D eigenvalue weighted by atomic mass is 35.5. The summed E-state index contributed by atoms with van der Waals surface area (Å²) in [6, 6.07) is 31.4. The Kier molecular flexibility index (Phi) is 10.9. The summed E-state index contributed by atoms with van der Waals surface area (Å²) in [6.07, 6.45) is 8.46. The second-order valence-electron chi connectivity index (χ2n) is 12.6. The van der Waals surface area contributed by atoms with E-state index in [2.05, 4.69) is 94.6 Å². The molecule has 2 aromatic heterocycles. The predicted molar refractivity (Wildman–Crippen MR) is 195 cm³/mol. The fourth-order valence-electron chi connectivity index (χ4n) is 6.56. The third-order valence-electron chi connectivity index (χ3n) is 9.08. The molecule has 244 valence electrons. The van der Waals surface area contributed by atoms with Crippen molar-refractivity contribution in [3.8, 4) is 0 Å². The topological polar surface area (TPSA) is 49.0 Å². The number of rotatable bonds is 8. The number of aromatic nitrogens is 3. The molecule has 1 fully saturated rings. The summed E-state index contributed by atoms with van der Waals surface area (Å²) in [6.45, 7) is 6.75. The normalized spacial score (nSPS) is 14.7. The van der Waals surface area contributed by atoms with Gasteiger partial charge in [-0.15, -0.1) is 5.10 Å². The van der Waals surface area contributed by atoms with Crippen molar-refractivity contribution < 1.29 is 0 Å². The molecule has 1 saturated heterocycles. The van der Waals surface area contributed by atoms with Crippen LogP contribution in [0.25, 0.3) is 11.2 Å². The lowest BCUT2D eigenvalue weighted by Crippen LogP contribution is -2.46. The van der Waals surface area contributed by atoms with E-state index in [0.717, 1.165) is 70.0 Å². The molecule has 8 heteroatoms. The molecule has 7 rings (SSSR count). The number of anilines is 1. The summed E-state index contributed by atoms with van der Waals surface area (Å²) in [4.78, 5) is 19.3. The first-order valence-corrected chi connectivity index (χ1v) is 17.1. The third kappa shape index (κ3) is 8.22. The van der Waals surface area contributed by atoms with Crippen LogP contribution < -0.4 is 10.6 Å². The molecule has 1 aliphatic heterocycles. The Bertz CT molecular complexity index is 1820. The van der Waals surface area contributed by atoms with Crippen LogP contribution in [0.15, 0.2) is 108 Å². The molecule has 0 unspecified atom stereocenters. The monoisotopic (exact) mass is 648 g/mol. The second kappa shape index (κ2) is 15.6. The Labute approximate surface area is 283 Å². The number of aryl methyl sites for hydroxylation is 3. The number of hydrogen-bond acceptors (Lipinski definition) is 5.